The van der Waals surface area contributed by atoms with Crippen molar-refractivity contribution in [1.29, 1.82) is 0 Å². The van der Waals surface area contributed by atoms with E-state index in [0.29, 0.717) is 18.3 Å². The van der Waals surface area contributed by atoms with Crippen molar-refractivity contribution in [2.75, 3.05) is 0 Å². The third-order valence-electron chi connectivity index (χ3n) is 4.51. The first-order valence-corrected chi connectivity index (χ1v) is 8.13. The van der Waals surface area contributed by atoms with Crippen molar-refractivity contribution in [3.05, 3.63) is 0 Å². The predicted octanol–water partition coefficient (Wildman–Crippen LogP) is 2.18. The summed E-state index contributed by atoms with van der Waals surface area (Å²) in [5.41, 5.74) is 11.6. The summed E-state index contributed by atoms with van der Waals surface area (Å²) in [4.78, 5) is 11.5. The Morgan fingerprint density at radius 3 is 2.30 bits per heavy atom. The Labute approximate surface area is 123 Å². The number of rotatable bonds is 8. The zero-order valence-electron chi connectivity index (χ0n) is 13.1. The molecule has 118 valence electrons. The summed E-state index contributed by atoms with van der Waals surface area (Å²) in [5.74, 6) is 0.463. The van der Waals surface area contributed by atoms with Gasteiger partial charge in [0.15, 0.2) is 0 Å². The van der Waals surface area contributed by atoms with Crippen molar-refractivity contribution < 1.29 is 9.90 Å². The first-order chi connectivity index (χ1) is 9.40. The van der Waals surface area contributed by atoms with Crippen LogP contribution in [-0.4, -0.2) is 23.2 Å². The summed E-state index contributed by atoms with van der Waals surface area (Å²) in [7, 11) is 0. The van der Waals surface area contributed by atoms with Crippen molar-refractivity contribution in [3.8, 4) is 0 Å². The Morgan fingerprint density at radius 2 is 1.80 bits per heavy atom. The molecule has 0 bridgehead atoms. The average Bonchev–Trinajstić information content (AvgIpc) is 2.38. The van der Waals surface area contributed by atoms with E-state index >= 15 is 0 Å². The van der Waals surface area contributed by atoms with Gasteiger partial charge in [-0.2, -0.15) is 0 Å². The van der Waals surface area contributed by atoms with Crippen LogP contribution < -0.4 is 11.5 Å². The maximum Gasteiger partial charge on any atom is 0.220 e. The lowest BCUT2D eigenvalue weighted by Gasteiger charge is -2.28. The van der Waals surface area contributed by atoms with Crippen LogP contribution in [0.25, 0.3) is 0 Å². The van der Waals surface area contributed by atoms with Gasteiger partial charge in [0.2, 0.25) is 5.91 Å². The van der Waals surface area contributed by atoms with Gasteiger partial charge in [-0.25, -0.2) is 0 Å². The second-order valence-electron chi connectivity index (χ2n) is 6.94. The molecule has 0 saturated heterocycles. The lowest BCUT2D eigenvalue weighted by molar-refractivity contribution is -0.123. The zero-order valence-corrected chi connectivity index (χ0v) is 13.1. The molecule has 1 fully saturated rings. The van der Waals surface area contributed by atoms with Crippen LogP contribution in [0.3, 0.4) is 0 Å². The molecular formula is C16H32N2O2. The van der Waals surface area contributed by atoms with Gasteiger partial charge in [-0.15, -0.1) is 0 Å². The monoisotopic (exact) mass is 284 g/mol. The number of amides is 1. The zero-order chi connectivity index (χ0) is 15.1. The highest BCUT2D eigenvalue weighted by Gasteiger charge is 2.26. The summed E-state index contributed by atoms with van der Waals surface area (Å²) in [6.07, 6.45) is 7.73. The molecule has 4 nitrogen and oxygen atoms in total. The molecule has 0 aromatic carbocycles. The second kappa shape index (κ2) is 8.63. The number of carbonyl (C=O) groups is 1. The highest BCUT2D eigenvalue weighted by atomic mass is 16.3. The number of hydrogen-bond donors (Lipinski definition) is 3. The Kier molecular flexibility index (Phi) is 7.52. The SMILES string of the molecule is CC(C)C[C@H](C[C@H](O)[C@@H](N)CC1CCCCC1)C(N)=O. The first-order valence-electron chi connectivity index (χ1n) is 8.13. The minimum atomic E-state index is -0.617. The molecule has 0 aromatic rings. The Bertz CT molecular complexity index is 288. The van der Waals surface area contributed by atoms with Gasteiger partial charge in [-0.05, 0) is 31.1 Å². The van der Waals surface area contributed by atoms with E-state index in [1.807, 2.05) is 0 Å². The molecule has 0 unspecified atom stereocenters. The van der Waals surface area contributed by atoms with E-state index < -0.39 is 6.10 Å². The lowest BCUT2D eigenvalue weighted by Crippen LogP contribution is -2.40. The molecule has 5 N–H and O–H groups in total. The van der Waals surface area contributed by atoms with Gasteiger partial charge in [0.05, 0.1) is 6.10 Å². The lowest BCUT2D eigenvalue weighted by atomic mass is 9.82. The fourth-order valence-electron chi connectivity index (χ4n) is 3.33. The van der Waals surface area contributed by atoms with E-state index in [-0.39, 0.29) is 17.9 Å². The number of aliphatic hydroxyl groups excluding tert-OH is 1. The molecule has 20 heavy (non-hydrogen) atoms. The third-order valence-corrected chi connectivity index (χ3v) is 4.51. The number of carbonyl (C=O) groups excluding carboxylic acids is 1. The fraction of sp³-hybridized carbons (Fsp3) is 0.938. The normalized spacial score (nSPS) is 21.6. The van der Waals surface area contributed by atoms with Crippen LogP contribution >= 0.6 is 0 Å². The molecular weight excluding hydrogens is 252 g/mol. The van der Waals surface area contributed by atoms with E-state index in [1.54, 1.807) is 0 Å². The molecule has 1 aliphatic rings. The van der Waals surface area contributed by atoms with E-state index in [9.17, 15) is 9.90 Å². The maximum atomic E-state index is 11.5. The summed E-state index contributed by atoms with van der Waals surface area (Å²) >= 11 is 0. The van der Waals surface area contributed by atoms with Gasteiger partial charge < -0.3 is 16.6 Å². The summed E-state index contributed by atoms with van der Waals surface area (Å²) in [5, 5.41) is 10.2. The number of nitrogens with two attached hydrogens (primary N) is 2. The van der Waals surface area contributed by atoms with E-state index in [0.717, 1.165) is 12.8 Å². The molecule has 1 rings (SSSR count). The van der Waals surface area contributed by atoms with Crippen molar-refractivity contribution in [2.24, 2.45) is 29.2 Å². The first kappa shape index (κ1) is 17.4. The smallest absolute Gasteiger partial charge is 0.220 e. The highest BCUT2D eigenvalue weighted by Crippen LogP contribution is 2.28. The van der Waals surface area contributed by atoms with Gasteiger partial charge in [0.25, 0.3) is 0 Å². The maximum absolute atomic E-state index is 11.5. The van der Waals surface area contributed by atoms with Gasteiger partial charge in [-0.1, -0.05) is 46.0 Å². The predicted molar refractivity (Wildman–Crippen MR) is 81.9 cm³/mol. The molecule has 4 heteroatoms. The number of primary amides is 1. The summed E-state index contributed by atoms with van der Waals surface area (Å²) in [6.45, 7) is 4.12. The minimum Gasteiger partial charge on any atom is -0.391 e. The molecule has 0 radical (unpaired) electrons. The van der Waals surface area contributed by atoms with Crippen LogP contribution in [0.4, 0.5) is 0 Å². The second-order valence-corrected chi connectivity index (χ2v) is 6.94. The largest absolute Gasteiger partial charge is 0.391 e. The van der Waals surface area contributed by atoms with Crippen LogP contribution in [0.1, 0.15) is 65.2 Å². The van der Waals surface area contributed by atoms with Gasteiger partial charge in [-0.3, -0.25) is 4.79 Å². The summed E-state index contributed by atoms with van der Waals surface area (Å²) in [6, 6.07) is -0.230. The number of aliphatic hydroxyl groups is 1. The Morgan fingerprint density at radius 1 is 1.20 bits per heavy atom. The van der Waals surface area contributed by atoms with Crippen molar-refractivity contribution in [1.82, 2.24) is 0 Å². The van der Waals surface area contributed by atoms with Crippen molar-refractivity contribution >= 4 is 5.91 Å². The van der Waals surface area contributed by atoms with Gasteiger partial charge >= 0.3 is 0 Å². The van der Waals surface area contributed by atoms with Crippen molar-refractivity contribution in [2.45, 2.75) is 77.4 Å². The molecule has 1 aliphatic carbocycles. The quantitative estimate of drug-likeness (QED) is 0.638. The van der Waals surface area contributed by atoms with Crippen molar-refractivity contribution in [3.63, 3.8) is 0 Å². The average molecular weight is 284 g/mol. The molecule has 1 amide bonds. The fourth-order valence-corrected chi connectivity index (χ4v) is 3.33. The highest BCUT2D eigenvalue weighted by molar-refractivity contribution is 5.76. The molecule has 1 saturated carbocycles. The molecule has 0 aliphatic heterocycles. The van der Waals surface area contributed by atoms with Crippen LogP contribution in [0, 0.1) is 17.8 Å². The van der Waals surface area contributed by atoms with Crippen LogP contribution in [0.5, 0.6) is 0 Å². The molecule has 0 aromatic heterocycles. The Balaban J connectivity index is 2.41. The third kappa shape index (κ3) is 6.23. The van der Waals surface area contributed by atoms with E-state index in [4.69, 9.17) is 11.5 Å². The van der Waals surface area contributed by atoms with Gasteiger partial charge in [0.1, 0.15) is 0 Å². The Hall–Kier alpha value is -0.610. The van der Waals surface area contributed by atoms with E-state index in [1.165, 1.54) is 32.1 Å². The van der Waals surface area contributed by atoms with E-state index in [2.05, 4.69) is 13.8 Å². The van der Waals surface area contributed by atoms with Crippen LogP contribution in [0.15, 0.2) is 0 Å². The van der Waals surface area contributed by atoms with Gasteiger partial charge in [0, 0.05) is 12.0 Å². The molecule has 0 spiro atoms. The van der Waals surface area contributed by atoms with Crippen LogP contribution in [0.2, 0.25) is 0 Å². The standard InChI is InChI=1S/C16H32N2O2/c1-11(2)8-13(16(18)20)10-15(19)14(17)9-12-6-4-3-5-7-12/h11-15,19H,3-10,17H2,1-2H3,(H2,18,20)/t13-,14+,15+/m1/s1. The minimum absolute atomic E-state index is 0.230. The van der Waals surface area contributed by atoms with Crippen LogP contribution in [-0.2, 0) is 4.79 Å². The summed E-state index contributed by atoms with van der Waals surface area (Å²) < 4.78 is 0. The topological polar surface area (TPSA) is 89.3 Å². The number of hydrogen-bond acceptors (Lipinski definition) is 3. The molecule has 0 heterocycles. The molecule has 3 atom stereocenters.